The van der Waals surface area contributed by atoms with Gasteiger partial charge < -0.3 is 15.3 Å². The molecular formula is C16H26N2O. The smallest absolute Gasteiger partial charge is 0.120 e. The molecule has 0 aromatic heterocycles. The first-order valence-electron chi connectivity index (χ1n) is 7.42. The van der Waals surface area contributed by atoms with Crippen LogP contribution in [0.15, 0.2) is 18.2 Å². The van der Waals surface area contributed by atoms with Crippen LogP contribution in [0.4, 0.5) is 0 Å². The highest BCUT2D eigenvalue weighted by Crippen LogP contribution is 2.24. The second-order valence-corrected chi connectivity index (χ2v) is 5.64. The molecular weight excluding hydrogens is 236 g/mol. The average molecular weight is 262 g/mol. The molecule has 1 unspecified atom stereocenters. The minimum absolute atomic E-state index is 0.208. The fourth-order valence-electron chi connectivity index (χ4n) is 2.76. The zero-order valence-electron chi connectivity index (χ0n) is 12.2. The van der Waals surface area contributed by atoms with Crippen LogP contribution in [-0.4, -0.2) is 36.2 Å². The van der Waals surface area contributed by atoms with Crippen molar-refractivity contribution in [2.75, 3.05) is 26.2 Å². The molecule has 1 saturated heterocycles. The fraction of sp³-hybridized carbons (Fsp3) is 0.625. The Morgan fingerprint density at radius 2 is 2.05 bits per heavy atom. The van der Waals surface area contributed by atoms with Gasteiger partial charge >= 0.3 is 0 Å². The lowest BCUT2D eigenvalue weighted by molar-refractivity contribution is 0.328. The Bertz CT molecular complexity index is 400. The lowest BCUT2D eigenvalue weighted by atomic mass is 10.1. The summed E-state index contributed by atoms with van der Waals surface area (Å²) in [6, 6.07) is 6.11. The van der Waals surface area contributed by atoms with Gasteiger partial charge in [0.1, 0.15) is 5.75 Å². The van der Waals surface area contributed by atoms with Crippen molar-refractivity contribution < 1.29 is 5.11 Å². The van der Waals surface area contributed by atoms with E-state index in [9.17, 15) is 5.11 Å². The summed E-state index contributed by atoms with van der Waals surface area (Å²) in [4.78, 5) is 2.54. The predicted octanol–water partition coefficient (Wildman–Crippen LogP) is 2.84. The summed E-state index contributed by atoms with van der Waals surface area (Å²) in [5.74, 6) is 0.402. The molecule has 19 heavy (non-hydrogen) atoms. The lowest BCUT2D eigenvalue weighted by Crippen LogP contribution is -2.26. The number of phenolic OH excluding ortho intramolecular Hbond substituents is 1. The minimum Gasteiger partial charge on any atom is -0.508 e. The van der Waals surface area contributed by atoms with Crippen LogP contribution in [0.3, 0.4) is 0 Å². The number of phenols is 1. The zero-order valence-corrected chi connectivity index (χ0v) is 12.2. The number of likely N-dealkylation sites (tertiary alicyclic amines) is 1. The largest absolute Gasteiger partial charge is 0.508 e. The summed E-state index contributed by atoms with van der Waals surface area (Å²) in [6.45, 7) is 8.85. The molecule has 0 spiro atoms. The third-order valence-electron chi connectivity index (χ3n) is 3.95. The van der Waals surface area contributed by atoms with Crippen LogP contribution in [0.1, 0.15) is 43.4 Å². The Hall–Kier alpha value is -1.06. The normalized spacial score (nSPS) is 17.8. The van der Waals surface area contributed by atoms with Crippen LogP contribution in [0, 0.1) is 6.92 Å². The van der Waals surface area contributed by atoms with Crippen molar-refractivity contribution in [1.82, 2.24) is 10.2 Å². The Labute approximate surface area is 116 Å². The predicted molar refractivity (Wildman–Crippen MR) is 79.6 cm³/mol. The Morgan fingerprint density at radius 1 is 1.32 bits per heavy atom. The van der Waals surface area contributed by atoms with Gasteiger partial charge in [0.2, 0.25) is 0 Å². The Balaban J connectivity index is 1.72. The van der Waals surface area contributed by atoms with Gasteiger partial charge in [-0.2, -0.15) is 0 Å². The number of hydrogen-bond acceptors (Lipinski definition) is 3. The second kappa shape index (κ2) is 6.92. The monoisotopic (exact) mass is 262 g/mol. The van der Waals surface area contributed by atoms with Crippen molar-refractivity contribution in [3.63, 3.8) is 0 Å². The summed E-state index contributed by atoms with van der Waals surface area (Å²) in [6.07, 6.45) is 3.90. The third-order valence-corrected chi connectivity index (χ3v) is 3.95. The van der Waals surface area contributed by atoms with Crippen LogP contribution < -0.4 is 5.32 Å². The zero-order chi connectivity index (χ0) is 13.7. The van der Waals surface area contributed by atoms with Crippen LogP contribution in [0.2, 0.25) is 0 Å². The topological polar surface area (TPSA) is 35.5 Å². The third kappa shape index (κ3) is 4.22. The summed E-state index contributed by atoms with van der Waals surface area (Å²) < 4.78 is 0. The molecule has 0 amide bonds. The molecule has 0 radical (unpaired) electrons. The molecule has 1 aromatic rings. The molecule has 1 aliphatic heterocycles. The molecule has 1 fully saturated rings. The van der Waals surface area contributed by atoms with Crippen molar-refractivity contribution in [2.45, 2.75) is 39.2 Å². The molecule has 3 heteroatoms. The van der Waals surface area contributed by atoms with Crippen LogP contribution in [0.25, 0.3) is 0 Å². The molecule has 1 heterocycles. The highest BCUT2D eigenvalue weighted by molar-refractivity contribution is 5.37. The van der Waals surface area contributed by atoms with Gasteiger partial charge in [-0.05, 0) is 70.9 Å². The fourth-order valence-corrected chi connectivity index (χ4v) is 2.76. The molecule has 0 saturated carbocycles. The van der Waals surface area contributed by atoms with Gasteiger partial charge in [-0.25, -0.2) is 0 Å². The number of rotatable bonds is 6. The average Bonchev–Trinajstić information content (AvgIpc) is 2.87. The van der Waals surface area contributed by atoms with Crippen molar-refractivity contribution in [2.24, 2.45) is 0 Å². The van der Waals surface area contributed by atoms with Gasteiger partial charge in [-0.15, -0.1) is 0 Å². The van der Waals surface area contributed by atoms with E-state index in [-0.39, 0.29) is 6.04 Å². The quantitative estimate of drug-likeness (QED) is 0.774. The minimum atomic E-state index is 0.208. The van der Waals surface area contributed by atoms with E-state index < -0.39 is 0 Å². The van der Waals surface area contributed by atoms with Crippen molar-refractivity contribution in [1.29, 1.82) is 0 Å². The van der Waals surface area contributed by atoms with Gasteiger partial charge in [0.25, 0.3) is 0 Å². The molecule has 2 N–H and O–H groups in total. The van der Waals surface area contributed by atoms with E-state index in [4.69, 9.17) is 0 Å². The summed E-state index contributed by atoms with van der Waals surface area (Å²) >= 11 is 0. The number of aryl methyl sites for hydroxylation is 1. The van der Waals surface area contributed by atoms with Gasteiger partial charge in [-0.1, -0.05) is 12.1 Å². The number of nitrogens with zero attached hydrogens (tertiary/aromatic N) is 1. The first-order chi connectivity index (χ1) is 9.16. The SMILES string of the molecule is Cc1ccc(C(C)NCCCN2CCCC2)c(O)c1. The van der Waals surface area contributed by atoms with Crippen LogP contribution in [0.5, 0.6) is 5.75 Å². The molecule has 0 bridgehead atoms. The first-order valence-corrected chi connectivity index (χ1v) is 7.42. The number of hydrogen-bond donors (Lipinski definition) is 2. The summed E-state index contributed by atoms with van der Waals surface area (Å²) in [5.41, 5.74) is 2.09. The van der Waals surface area contributed by atoms with Gasteiger partial charge in [0, 0.05) is 11.6 Å². The van der Waals surface area contributed by atoms with Crippen molar-refractivity contribution >= 4 is 0 Å². The first kappa shape index (κ1) is 14.4. The second-order valence-electron chi connectivity index (χ2n) is 5.64. The van der Waals surface area contributed by atoms with Gasteiger partial charge in [0.05, 0.1) is 0 Å². The summed E-state index contributed by atoms with van der Waals surface area (Å²) in [7, 11) is 0. The van der Waals surface area contributed by atoms with Gasteiger partial charge in [-0.3, -0.25) is 0 Å². The van der Waals surface area contributed by atoms with E-state index in [0.29, 0.717) is 5.75 Å². The van der Waals surface area contributed by atoms with Crippen LogP contribution >= 0.6 is 0 Å². The highest BCUT2D eigenvalue weighted by Gasteiger charge is 2.12. The van der Waals surface area contributed by atoms with Gasteiger partial charge in [0.15, 0.2) is 0 Å². The summed E-state index contributed by atoms with van der Waals surface area (Å²) in [5, 5.41) is 13.4. The molecule has 0 aliphatic carbocycles. The van der Waals surface area contributed by atoms with Crippen LogP contribution in [-0.2, 0) is 0 Å². The van der Waals surface area contributed by atoms with E-state index in [1.165, 1.54) is 38.9 Å². The van der Waals surface area contributed by atoms with Crippen molar-refractivity contribution in [3.05, 3.63) is 29.3 Å². The molecule has 1 atom stereocenters. The molecule has 1 aromatic carbocycles. The number of aromatic hydroxyl groups is 1. The van der Waals surface area contributed by atoms with E-state index in [1.54, 1.807) is 0 Å². The highest BCUT2D eigenvalue weighted by atomic mass is 16.3. The molecule has 1 aliphatic rings. The molecule has 2 rings (SSSR count). The number of benzene rings is 1. The Morgan fingerprint density at radius 3 is 2.74 bits per heavy atom. The van der Waals surface area contributed by atoms with E-state index in [0.717, 1.165) is 17.7 Å². The maximum absolute atomic E-state index is 9.94. The standard InChI is InChI=1S/C16H26N2O/c1-13-6-7-15(16(19)12-13)14(2)17-8-5-11-18-9-3-4-10-18/h6-7,12,14,17,19H,3-5,8-11H2,1-2H3. The Kier molecular flexibility index (Phi) is 5.23. The lowest BCUT2D eigenvalue weighted by Gasteiger charge is -2.18. The number of nitrogens with one attached hydrogen (secondary N) is 1. The van der Waals surface area contributed by atoms with E-state index >= 15 is 0 Å². The van der Waals surface area contributed by atoms with E-state index in [1.807, 2.05) is 19.1 Å². The molecule has 3 nitrogen and oxygen atoms in total. The molecule has 106 valence electrons. The maximum Gasteiger partial charge on any atom is 0.120 e. The maximum atomic E-state index is 9.94. The van der Waals surface area contributed by atoms with Crippen molar-refractivity contribution in [3.8, 4) is 5.75 Å². The van der Waals surface area contributed by atoms with E-state index in [2.05, 4.69) is 23.2 Å².